The van der Waals surface area contributed by atoms with Gasteiger partial charge >= 0.3 is 0 Å². The normalized spacial score (nSPS) is 28.4. The van der Waals surface area contributed by atoms with Crippen molar-refractivity contribution in [1.29, 1.82) is 0 Å². The number of ether oxygens (including phenoxy) is 2. The fraction of sp³-hybridized carbons (Fsp3) is 0.625. The standard InChI is InChI=1S/C24H34N4O5.ClH/c1-14(25-4)21(29)27-17-10-12-33-19-13-24(2,3)20(28(19)23(17)31)22(30)26-16-9-11-32-18-8-6-5-7-15(16)18;/h5-8,14,16-17,19-20,25H,9-13H2,1-4H3,(H,26,30)(H,27,29);1H/t14?,16-,17+,19+,20-;/m1./s1. The summed E-state index contributed by atoms with van der Waals surface area (Å²) in [6.45, 7) is 6.55. The summed E-state index contributed by atoms with van der Waals surface area (Å²) in [4.78, 5) is 41.2. The van der Waals surface area contributed by atoms with E-state index in [1.165, 1.54) is 0 Å². The van der Waals surface area contributed by atoms with E-state index in [9.17, 15) is 14.4 Å². The van der Waals surface area contributed by atoms with E-state index >= 15 is 0 Å². The first-order chi connectivity index (χ1) is 15.7. The molecule has 3 aliphatic rings. The first kappa shape index (κ1) is 26.2. The van der Waals surface area contributed by atoms with Crippen LogP contribution in [-0.4, -0.2) is 67.2 Å². The van der Waals surface area contributed by atoms with E-state index in [4.69, 9.17) is 9.47 Å². The molecule has 2 fully saturated rings. The predicted octanol–water partition coefficient (Wildman–Crippen LogP) is 1.51. The second-order valence-corrected chi connectivity index (χ2v) is 9.76. The Labute approximate surface area is 206 Å². The van der Waals surface area contributed by atoms with Gasteiger partial charge in [-0.15, -0.1) is 12.4 Å². The molecule has 5 atom stereocenters. The number of carbonyl (C=O) groups is 3. The zero-order valence-electron chi connectivity index (χ0n) is 20.1. The van der Waals surface area contributed by atoms with Crippen LogP contribution in [0.2, 0.25) is 0 Å². The number of hydrogen-bond donors (Lipinski definition) is 3. The highest BCUT2D eigenvalue weighted by Crippen LogP contribution is 2.43. The van der Waals surface area contributed by atoms with Crippen molar-refractivity contribution in [2.24, 2.45) is 5.41 Å². The lowest BCUT2D eigenvalue weighted by Gasteiger charge is -2.35. The minimum absolute atomic E-state index is 0. The minimum Gasteiger partial charge on any atom is -0.493 e. The van der Waals surface area contributed by atoms with Gasteiger partial charge in [-0.3, -0.25) is 14.4 Å². The number of carbonyl (C=O) groups excluding carboxylic acids is 3. The van der Waals surface area contributed by atoms with Gasteiger partial charge in [0.25, 0.3) is 0 Å². The topological polar surface area (TPSA) is 109 Å². The molecule has 34 heavy (non-hydrogen) atoms. The molecule has 0 spiro atoms. The lowest BCUT2D eigenvalue weighted by atomic mass is 9.83. The maximum atomic E-state index is 13.6. The Morgan fingerprint density at radius 3 is 2.56 bits per heavy atom. The molecule has 1 aromatic rings. The molecule has 0 aromatic heterocycles. The number of hydrogen-bond acceptors (Lipinski definition) is 6. The van der Waals surface area contributed by atoms with Crippen LogP contribution in [0.5, 0.6) is 5.75 Å². The molecular weight excluding hydrogens is 460 g/mol. The summed E-state index contributed by atoms with van der Waals surface area (Å²) >= 11 is 0. The first-order valence-corrected chi connectivity index (χ1v) is 11.7. The van der Waals surface area contributed by atoms with Gasteiger partial charge in [-0.1, -0.05) is 32.0 Å². The van der Waals surface area contributed by atoms with E-state index in [-0.39, 0.29) is 36.2 Å². The Balaban J connectivity index is 0.00000324. The number of rotatable bonds is 5. The summed E-state index contributed by atoms with van der Waals surface area (Å²) in [5.41, 5.74) is 0.452. The van der Waals surface area contributed by atoms with E-state index < -0.39 is 29.8 Å². The molecule has 3 heterocycles. The van der Waals surface area contributed by atoms with Crippen LogP contribution in [-0.2, 0) is 19.1 Å². The zero-order valence-corrected chi connectivity index (χ0v) is 20.9. The molecule has 3 N–H and O–H groups in total. The maximum Gasteiger partial charge on any atom is 0.247 e. The van der Waals surface area contributed by atoms with E-state index in [1.54, 1.807) is 18.9 Å². The Hall–Kier alpha value is -2.36. The number of nitrogens with one attached hydrogen (secondary N) is 3. The fourth-order valence-corrected chi connectivity index (χ4v) is 5.02. The Kier molecular flexibility index (Phi) is 8.10. The van der Waals surface area contributed by atoms with Gasteiger partial charge in [0, 0.05) is 18.4 Å². The lowest BCUT2D eigenvalue weighted by molar-refractivity contribution is -0.150. The SMILES string of the molecule is CNC(C)C(=O)N[C@H]1CCO[C@H]2CC(C)(C)[C@@H](C(=O)N[C@@H]3CCOc4ccccc43)N2C1=O.Cl. The second kappa shape index (κ2) is 10.5. The molecular formula is C24H35ClN4O5. The summed E-state index contributed by atoms with van der Waals surface area (Å²) < 4.78 is 11.7. The van der Waals surface area contributed by atoms with Crippen molar-refractivity contribution in [3.05, 3.63) is 29.8 Å². The number of amides is 3. The van der Waals surface area contributed by atoms with Crippen LogP contribution in [0.1, 0.15) is 51.6 Å². The van der Waals surface area contributed by atoms with Gasteiger partial charge in [0.1, 0.15) is 24.1 Å². The molecule has 2 saturated heterocycles. The first-order valence-electron chi connectivity index (χ1n) is 11.7. The maximum absolute atomic E-state index is 13.6. The highest BCUT2D eigenvalue weighted by molar-refractivity contribution is 5.94. The number of halogens is 1. The molecule has 9 nitrogen and oxygen atoms in total. The average molecular weight is 495 g/mol. The van der Waals surface area contributed by atoms with Crippen molar-refractivity contribution < 1.29 is 23.9 Å². The molecule has 1 aromatic carbocycles. The van der Waals surface area contributed by atoms with E-state index in [0.717, 1.165) is 11.3 Å². The third kappa shape index (κ3) is 5.01. The van der Waals surface area contributed by atoms with E-state index in [1.807, 2.05) is 38.1 Å². The van der Waals surface area contributed by atoms with Crippen LogP contribution in [0.3, 0.4) is 0 Å². The minimum atomic E-state index is -0.730. The van der Waals surface area contributed by atoms with Gasteiger partial charge < -0.3 is 30.3 Å². The Morgan fingerprint density at radius 2 is 1.82 bits per heavy atom. The predicted molar refractivity (Wildman–Crippen MR) is 129 cm³/mol. The zero-order chi connectivity index (χ0) is 23.8. The van der Waals surface area contributed by atoms with Crippen molar-refractivity contribution >= 4 is 30.1 Å². The van der Waals surface area contributed by atoms with Crippen molar-refractivity contribution in [1.82, 2.24) is 20.9 Å². The van der Waals surface area contributed by atoms with E-state index in [0.29, 0.717) is 32.5 Å². The molecule has 3 aliphatic heterocycles. The smallest absolute Gasteiger partial charge is 0.247 e. The quantitative estimate of drug-likeness (QED) is 0.572. The van der Waals surface area contributed by atoms with Crippen LogP contribution in [0.25, 0.3) is 0 Å². The molecule has 0 radical (unpaired) electrons. The van der Waals surface area contributed by atoms with Crippen LogP contribution >= 0.6 is 12.4 Å². The highest BCUT2D eigenvalue weighted by Gasteiger charge is 2.55. The highest BCUT2D eigenvalue weighted by atomic mass is 35.5. The van der Waals surface area contributed by atoms with Gasteiger partial charge in [-0.05, 0) is 31.9 Å². The summed E-state index contributed by atoms with van der Waals surface area (Å²) in [6, 6.07) is 5.63. The van der Waals surface area contributed by atoms with Crippen molar-refractivity contribution in [2.45, 2.75) is 70.4 Å². The van der Waals surface area contributed by atoms with Gasteiger partial charge in [-0.25, -0.2) is 0 Å². The van der Waals surface area contributed by atoms with Crippen LogP contribution < -0.4 is 20.7 Å². The molecule has 0 aliphatic carbocycles. The number of para-hydroxylation sites is 1. The van der Waals surface area contributed by atoms with Gasteiger partial charge in [0.15, 0.2) is 0 Å². The summed E-state index contributed by atoms with van der Waals surface area (Å²) in [6.07, 6.45) is 1.09. The van der Waals surface area contributed by atoms with Crippen LogP contribution in [0, 0.1) is 5.41 Å². The third-order valence-electron chi connectivity index (χ3n) is 6.96. The fourth-order valence-electron chi connectivity index (χ4n) is 5.02. The lowest BCUT2D eigenvalue weighted by Crippen LogP contribution is -2.58. The third-order valence-corrected chi connectivity index (χ3v) is 6.96. The largest absolute Gasteiger partial charge is 0.493 e. The molecule has 188 valence electrons. The molecule has 1 unspecified atom stereocenters. The van der Waals surface area contributed by atoms with Crippen LogP contribution in [0.4, 0.5) is 0 Å². The molecule has 0 bridgehead atoms. The van der Waals surface area contributed by atoms with Crippen molar-refractivity contribution in [2.75, 3.05) is 20.3 Å². The van der Waals surface area contributed by atoms with Gasteiger partial charge in [0.2, 0.25) is 17.7 Å². The number of fused-ring (bicyclic) bond motifs is 2. The average Bonchev–Trinajstić information content (AvgIpc) is 2.99. The number of benzene rings is 1. The number of likely N-dealkylation sites (N-methyl/N-ethyl adjacent to an activating group) is 1. The van der Waals surface area contributed by atoms with E-state index in [2.05, 4.69) is 16.0 Å². The summed E-state index contributed by atoms with van der Waals surface area (Å²) in [5, 5.41) is 8.88. The summed E-state index contributed by atoms with van der Waals surface area (Å²) in [5.74, 6) is 0.0322. The molecule has 3 amide bonds. The van der Waals surface area contributed by atoms with Gasteiger partial charge in [0.05, 0.1) is 25.3 Å². The van der Waals surface area contributed by atoms with Crippen molar-refractivity contribution in [3.63, 3.8) is 0 Å². The molecule has 10 heteroatoms. The van der Waals surface area contributed by atoms with Gasteiger partial charge in [-0.2, -0.15) is 0 Å². The Morgan fingerprint density at radius 1 is 1.12 bits per heavy atom. The molecule has 0 saturated carbocycles. The summed E-state index contributed by atoms with van der Waals surface area (Å²) in [7, 11) is 1.69. The Bertz CT molecular complexity index is 926. The van der Waals surface area contributed by atoms with Crippen molar-refractivity contribution in [3.8, 4) is 5.75 Å². The number of nitrogens with zero attached hydrogens (tertiary/aromatic N) is 1. The second-order valence-electron chi connectivity index (χ2n) is 9.76. The molecule has 4 rings (SSSR count). The monoisotopic (exact) mass is 494 g/mol. The van der Waals surface area contributed by atoms with Crippen LogP contribution in [0.15, 0.2) is 24.3 Å².